The zero-order valence-electron chi connectivity index (χ0n) is 11.9. The van der Waals surface area contributed by atoms with Crippen LogP contribution in [0.5, 0.6) is 0 Å². The van der Waals surface area contributed by atoms with Crippen molar-refractivity contribution in [2.45, 2.75) is 58.8 Å². The third-order valence-corrected chi connectivity index (χ3v) is 4.49. The predicted molar refractivity (Wildman–Crippen MR) is 75.2 cm³/mol. The highest BCUT2D eigenvalue weighted by molar-refractivity contribution is 5.35. The van der Waals surface area contributed by atoms with E-state index in [-0.39, 0.29) is 0 Å². The van der Waals surface area contributed by atoms with Gasteiger partial charge in [-0.25, -0.2) is 9.50 Å². The Morgan fingerprint density at radius 2 is 1.89 bits per heavy atom. The van der Waals surface area contributed by atoms with Crippen LogP contribution in [0.2, 0.25) is 0 Å². The average Bonchev–Trinajstić information content (AvgIpc) is 2.71. The summed E-state index contributed by atoms with van der Waals surface area (Å²) in [5.41, 5.74) is 3.68. The van der Waals surface area contributed by atoms with E-state index in [0.29, 0.717) is 0 Å². The number of fused-ring (bicyclic) bond motifs is 1. The van der Waals surface area contributed by atoms with Crippen molar-refractivity contribution in [2.75, 3.05) is 0 Å². The molecular formula is C15H22N4. The predicted octanol–water partition coefficient (Wildman–Crippen LogP) is 3.25. The average molecular weight is 258 g/mol. The fraction of sp³-hybridized carbons (Fsp3) is 0.667. The molecule has 0 spiro atoms. The Kier molecular flexibility index (Phi) is 3.49. The van der Waals surface area contributed by atoms with Gasteiger partial charge in [0.05, 0.1) is 5.69 Å². The summed E-state index contributed by atoms with van der Waals surface area (Å²) in [6.07, 6.45) is 11.0. The largest absolute Gasteiger partial charge is 0.252 e. The summed E-state index contributed by atoms with van der Waals surface area (Å²) in [6, 6.07) is 0. The molecular weight excluding hydrogens is 236 g/mol. The summed E-state index contributed by atoms with van der Waals surface area (Å²) in [6.45, 7) is 4.23. The lowest BCUT2D eigenvalue weighted by atomic mass is 9.93. The summed E-state index contributed by atoms with van der Waals surface area (Å²) in [4.78, 5) is 8.73. The van der Waals surface area contributed by atoms with Gasteiger partial charge in [0, 0.05) is 5.69 Å². The van der Waals surface area contributed by atoms with Crippen LogP contribution in [0.25, 0.3) is 5.78 Å². The minimum Gasteiger partial charge on any atom is -0.216 e. The van der Waals surface area contributed by atoms with E-state index in [0.717, 1.165) is 23.8 Å². The molecule has 102 valence electrons. The number of hydrogen-bond donors (Lipinski definition) is 0. The number of aryl methyl sites for hydroxylation is 1. The SMILES string of the molecule is Cc1nc2ncnn2c(CC2CCCCCC2)c1C. The van der Waals surface area contributed by atoms with Crippen molar-refractivity contribution in [3.63, 3.8) is 0 Å². The van der Waals surface area contributed by atoms with E-state index >= 15 is 0 Å². The Balaban J connectivity index is 1.94. The van der Waals surface area contributed by atoms with E-state index in [1.54, 1.807) is 6.33 Å². The Labute approximate surface area is 114 Å². The summed E-state index contributed by atoms with van der Waals surface area (Å²) in [7, 11) is 0. The van der Waals surface area contributed by atoms with Gasteiger partial charge in [0.25, 0.3) is 5.78 Å². The third kappa shape index (κ3) is 2.48. The molecule has 3 rings (SSSR count). The molecule has 4 heteroatoms. The topological polar surface area (TPSA) is 43.1 Å². The minimum absolute atomic E-state index is 0.742. The van der Waals surface area contributed by atoms with Crippen LogP contribution < -0.4 is 0 Å². The van der Waals surface area contributed by atoms with Crippen LogP contribution in [-0.4, -0.2) is 19.6 Å². The molecule has 1 aliphatic rings. The molecule has 0 unspecified atom stereocenters. The van der Waals surface area contributed by atoms with Gasteiger partial charge in [0.15, 0.2) is 0 Å². The van der Waals surface area contributed by atoms with Gasteiger partial charge >= 0.3 is 0 Å². The lowest BCUT2D eigenvalue weighted by Crippen LogP contribution is -2.12. The quantitative estimate of drug-likeness (QED) is 0.777. The number of nitrogens with zero attached hydrogens (tertiary/aromatic N) is 4. The van der Waals surface area contributed by atoms with Gasteiger partial charge in [-0.15, -0.1) is 0 Å². The molecule has 1 aliphatic carbocycles. The van der Waals surface area contributed by atoms with Crippen molar-refractivity contribution in [2.24, 2.45) is 5.92 Å². The molecule has 2 aromatic heterocycles. The highest BCUT2D eigenvalue weighted by atomic mass is 15.3. The van der Waals surface area contributed by atoms with Crippen LogP contribution in [0.1, 0.15) is 55.5 Å². The number of hydrogen-bond acceptors (Lipinski definition) is 3. The lowest BCUT2D eigenvalue weighted by Gasteiger charge is -2.17. The number of rotatable bonds is 2. The summed E-state index contributed by atoms with van der Waals surface area (Å²) in [5.74, 6) is 1.54. The molecule has 0 N–H and O–H groups in total. The molecule has 2 aromatic rings. The van der Waals surface area contributed by atoms with E-state index in [1.807, 2.05) is 4.52 Å². The Morgan fingerprint density at radius 3 is 2.63 bits per heavy atom. The van der Waals surface area contributed by atoms with Crippen molar-refractivity contribution in [3.05, 3.63) is 23.3 Å². The van der Waals surface area contributed by atoms with E-state index < -0.39 is 0 Å². The molecule has 1 saturated carbocycles. The zero-order chi connectivity index (χ0) is 13.2. The van der Waals surface area contributed by atoms with Gasteiger partial charge in [0.2, 0.25) is 0 Å². The van der Waals surface area contributed by atoms with Gasteiger partial charge in [-0.3, -0.25) is 0 Å². The highest BCUT2D eigenvalue weighted by Gasteiger charge is 2.18. The Hall–Kier alpha value is -1.45. The van der Waals surface area contributed by atoms with E-state index in [2.05, 4.69) is 28.9 Å². The highest BCUT2D eigenvalue weighted by Crippen LogP contribution is 2.27. The normalized spacial score (nSPS) is 17.8. The smallest absolute Gasteiger partial charge is 0.216 e. The van der Waals surface area contributed by atoms with Crippen LogP contribution in [0.15, 0.2) is 6.33 Å². The van der Waals surface area contributed by atoms with Gasteiger partial charge < -0.3 is 0 Å². The van der Waals surface area contributed by atoms with Crippen molar-refractivity contribution in [1.29, 1.82) is 0 Å². The maximum absolute atomic E-state index is 4.50. The number of aromatic nitrogens is 4. The van der Waals surface area contributed by atoms with Crippen molar-refractivity contribution in [1.82, 2.24) is 19.6 Å². The first-order valence-corrected chi connectivity index (χ1v) is 7.41. The van der Waals surface area contributed by atoms with E-state index in [4.69, 9.17) is 0 Å². The maximum Gasteiger partial charge on any atom is 0.252 e. The molecule has 0 aliphatic heterocycles. The second kappa shape index (κ2) is 5.27. The molecule has 0 aromatic carbocycles. The Bertz CT molecular complexity index is 565. The standard InChI is InChI=1S/C15H22N4/c1-11-12(2)18-15-16-10-17-19(15)14(11)9-13-7-5-3-4-6-8-13/h10,13H,3-9H2,1-2H3. The first kappa shape index (κ1) is 12.6. The molecule has 0 bridgehead atoms. The first-order valence-electron chi connectivity index (χ1n) is 7.41. The molecule has 0 saturated heterocycles. The van der Waals surface area contributed by atoms with Crippen LogP contribution in [0.4, 0.5) is 0 Å². The fourth-order valence-corrected chi connectivity index (χ4v) is 3.18. The van der Waals surface area contributed by atoms with Gasteiger partial charge in [0.1, 0.15) is 6.33 Å². The van der Waals surface area contributed by atoms with Crippen LogP contribution in [0, 0.1) is 19.8 Å². The summed E-state index contributed by atoms with van der Waals surface area (Å²) in [5, 5.41) is 4.35. The van der Waals surface area contributed by atoms with E-state index in [1.165, 1.54) is 49.8 Å². The molecule has 2 heterocycles. The first-order chi connectivity index (χ1) is 9.25. The van der Waals surface area contributed by atoms with Crippen molar-refractivity contribution in [3.8, 4) is 0 Å². The summed E-state index contributed by atoms with van der Waals surface area (Å²) < 4.78 is 1.94. The molecule has 19 heavy (non-hydrogen) atoms. The van der Waals surface area contributed by atoms with Crippen molar-refractivity contribution >= 4 is 5.78 Å². The minimum atomic E-state index is 0.742. The zero-order valence-corrected chi connectivity index (χ0v) is 11.9. The van der Waals surface area contributed by atoms with Crippen LogP contribution >= 0.6 is 0 Å². The molecule has 0 amide bonds. The fourth-order valence-electron chi connectivity index (χ4n) is 3.18. The van der Waals surface area contributed by atoms with Gasteiger partial charge in [-0.1, -0.05) is 38.5 Å². The Morgan fingerprint density at radius 1 is 1.16 bits per heavy atom. The monoisotopic (exact) mass is 258 g/mol. The summed E-state index contributed by atoms with van der Waals surface area (Å²) >= 11 is 0. The van der Waals surface area contributed by atoms with Crippen molar-refractivity contribution < 1.29 is 0 Å². The van der Waals surface area contributed by atoms with Crippen LogP contribution in [0.3, 0.4) is 0 Å². The second-order valence-electron chi connectivity index (χ2n) is 5.80. The second-order valence-corrected chi connectivity index (χ2v) is 5.80. The van der Waals surface area contributed by atoms with Crippen LogP contribution in [-0.2, 0) is 6.42 Å². The maximum atomic E-state index is 4.50. The van der Waals surface area contributed by atoms with E-state index in [9.17, 15) is 0 Å². The lowest BCUT2D eigenvalue weighted by molar-refractivity contribution is 0.447. The molecule has 0 atom stereocenters. The molecule has 0 radical (unpaired) electrons. The van der Waals surface area contributed by atoms with Gasteiger partial charge in [-0.2, -0.15) is 10.1 Å². The van der Waals surface area contributed by atoms with Gasteiger partial charge in [-0.05, 0) is 31.7 Å². The molecule has 4 nitrogen and oxygen atoms in total. The third-order valence-electron chi connectivity index (χ3n) is 4.49. The molecule has 1 fully saturated rings.